The van der Waals surface area contributed by atoms with Crippen molar-refractivity contribution in [2.24, 2.45) is 5.73 Å². The predicted molar refractivity (Wildman–Crippen MR) is 92.8 cm³/mol. The minimum Gasteiger partial charge on any atom is -0.366 e. The van der Waals surface area contributed by atoms with E-state index in [1.165, 1.54) is 22.8 Å². The molecule has 0 unspecified atom stereocenters. The third kappa shape index (κ3) is 2.55. The highest BCUT2D eigenvalue weighted by Crippen LogP contribution is 2.27. The second-order valence-corrected chi connectivity index (χ2v) is 5.74. The number of rotatable bonds is 3. The number of amides is 1. The summed E-state index contributed by atoms with van der Waals surface area (Å²) in [4.78, 5) is 35.4. The molecule has 126 valence electrons. The largest absolute Gasteiger partial charge is 0.366 e. The van der Waals surface area contributed by atoms with E-state index in [0.29, 0.717) is 22.2 Å². The molecule has 0 aliphatic heterocycles. The van der Waals surface area contributed by atoms with Crippen LogP contribution in [0.5, 0.6) is 0 Å². The molecule has 7 nitrogen and oxygen atoms in total. The lowest BCUT2D eigenvalue weighted by atomic mass is 10.1. The predicted octanol–water partition coefficient (Wildman–Crippen LogP) is 2.95. The number of aryl methyl sites for hydroxylation is 1. The van der Waals surface area contributed by atoms with Gasteiger partial charge in [-0.2, -0.15) is 0 Å². The smallest absolute Gasteiger partial charge is 0.273 e. The third-order valence-electron chi connectivity index (χ3n) is 4.21. The summed E-state index contributed by atoms with van der Waals surface area (Å²) in [6.07, 6.45) is 0. The fourth-order valence-corrected chi connectivity index (χ4v) is 3.01. The number of para-hydroxylation sites is 1. The molecule has 1 aromatic heterocycles. The molecule has 3 aromatic rings. The van der Waals surface area contributed by atoms with Gasteiger partial charge in [-0.3, -0.25) is 24.3 Å². The van der Waals surface area contributed by atoms with E-state index in [-0.39, 0.29) is 16.8 Å². The molecule has 25 heavy (non-hydrogen) atoms. The number of carbonyl (C=O) groups is 2. The molecule has 0 fully saturated rings. The Morgan fingerprint density at radius 2 is 1.80 bits per heavy atom. The first kappa shape index (κ1) is 16.4. The minimum absolute atomic E-state index is 0.130. The van der Waals surface area contributed by atoms with Gasteiger partial charge in [-0.15, -0.1) is 0 Å². The third-order valence-corrected chi connectivity index (χ3v) is 4.21. The number of nitrogens with zero attached hydrogens (tertiary/aromatic N) is 2. The van der Waals surface area contributed by atoms with E-state index in [2.05, 4.69) is 0 Å². The molecule has 0 aliphatic carbocycles. The van der Waals surface area contributed by atoms with Crippen LogP contribution >= 0.6 is 0 Å². The van der Waals surface area contributed by atoms with Gasteiger partial charge in [0.25, 0.3) is 17.5 Å². The van der Waals surface area contributed by atoms with Crippen LogP contribution in [-0.4, -0.2) is 21.3 Å². The van der Waals surface area contributed by atoms with E-state index in [9.17, 15) is 19.7 Å². The summed E-state index contributed by atoms with van der Waals surface area (Å²) in [6.45, 7) is 3.23. The average Bonchev–Trinajstić information content (AvgIpc) is 2.86. The lowest BCUT2D eigenvalue weighted by Gasteiger charge is -2.08. The number of nitro groups is 1. The van der Waals surface area contributed by atoms with E-state index >= 15 is 0 Å². The molecule has 3 rings (SSSR count). The van der Waals surface area contributed by atoms with Crippen LogP contribution in [0.15, 0.2) is 42.5 Å². The number of benzene rings is 2. The van der Waals surface area contributed by atoms with Crippen LogP contribution in [0.25, 0.3) is 10.9 Å². The van der Waals surface area contributed by atoms with Gasteiger partial charge in [-0.05, 0) is 26.0 Å². The maximum Gasteiger partial charge on any atom is 0.273 e. The van der Waals surface area contributed by atoms with Crippen LogP contribution in [0.1, 0.15) is 32.0 Å². The van der Waals surface area contributed by atoms with E-state index in [4.69, 9.17) is 5.73 Å². The van der Waals surface area contributed by atoms with E-state index in [0.717, 1.165) is 0 Å². The molecule has 2 N–H and O–H groups in total. The second-order valence-electron chi connectivity index (χ2n) is 5.74. The highest BCUT2D eigenvalue weighted by Gasteiger charge is 2.23. The van der Waals surface area contributed by atoms with Gasteiger partial charge in [0.15, 0.2) is 0 Å². The van der Waals surface area contributed by atoms with Crippen molar-refractivity contribution in [3.8, 4) is 0 Å². The molecule has 0 bridgehead atoms. The molecule has 1 heterocycles. The van der Waals surface area contributed by atoms with E-state index in [1.807, 2.05) is 0 Å². The fourth-order valence-electron chi connectivity index (χ4n) is 3.01. The van der Waals surface area contributed by atoms with Crippen molar-refractivity contribution in [1.29, 1.82) is 0 Å². The highest BCUT2D eigenvalue weighted by molar-refractivity contribution is 6.12. The van der Waals surface area contributed by atoms with Crippen LogP contribution in [0.2, 0.25) is 0 Å². The number of nitrogens with two attached hydrogens (primary N) is 1. The van der Waals surface area contributed by atoms with Crippen LogP contribution in [-0.2, 0) is 0 Å². The van der Waals surface area contributed by atoms with Crippen molar-refractivity contribution in [2.45, 2.75) is 13.8 Å². The normalized spacial score (nSPS) is 10.8. The molecule has 7 heteroatoms. The molecular formula is C18H15N3O4. The summed E-state index contributed by atoms with van der Waals surface area (Å²) in [5.41, 5.74) is 7.17. The first-order valence-electron chi connectivity index (χ1n) is 7.52. The minimum atomic E-state index is -0.630. The van der Waals surface area contributed by atoms with Crippen molar-refractivity contribution in [1.82, 2.24) is 4.57 Å². The standard InChI is InChI=1S/C18H15N3O4/c1-10-7-8-12(9-15(10)21(24)25)18(23)20-11(2)16(17(19)22)13-5-3-4-6-14(13)20/h3-9H,1-2H3,(H2,19,22). The van der Waals surface area contributed by atoms with Crippen molar-refractivity contribution in [3.63, 3.8) is 0 Å². The molecule has 1 amide bonds. The van der Waals surface area contributed by atoms with Gasteiger partial charge in [0.2, 0.25) is 0 Å². The number of nitro benzene ring substituents is 1. The Bertz CT molecular complexity index is 1050. The summed E-state index contributed by atoms with van der Waals surface area (Å²) < 4.78 is 1.36. The second kappa shape index (κ2) is 5.86. The van der Waals surface area contributed by atoms with Gasteiger partial charge in [0.1, 0.15) is 0 Å². The topological polar surface area (TPSA) is 108 Å². The monoisotopic (exact) mass is 337 g/mol. The maximum absolute atomic E-state index is 13.0. The molecular weight excluding hydrogens is 322 g/mol. The molecule has 2 aromatic carbocycles. The number of hydrogen-bond donors (Lipinski definition) is 1. The van der Waals surface area contributed by atoms with Gasteiger partial charge < -0.3 is 5.73 Å². The maximum atomic E-state index is 13.0. The SMILES string of the molecule is Cc1ccc(C(=O)n2c(C)c(C(N)=O)c3ccccc32)cc1[N+](=O)[O-]. The number of fused-ring (bicyclic) bond motifs is 1. The molecule has 0 saturated carbocycles. The van der Waals surface area contributed by atoms with Crippen LogP contribution in [0, 0.1) is 24.0 Å². The lowest BCUT2D eigenvalue weighted by molar-refractivity contribution is -0.385. The molecule has 0 aliphatic rings. The van der Waals surface area contributed by atoms with Gasteiger partial charge in [-0.1, -0.05) is 24.3 Å². The lowest BCUT2D eigenvalue weighted by Crippen LogP contribution is -2.17. The number of aromatic nitrogens is 1. The number of hydrogen-bond acceptors (Lipinski definition) is 4. The molecule has 0 atom stereocenters. The van der Waals surface area contributed by atoms with Gasteiger partial charge in [-0.25, -0.2) is 0 Å². The summed E-state index contributed by atoms with van der Waals surface area (Å²) in [6, 6.07) is 11.2. The first-order chi connectivity index (χ1) is 11.8. The zero-order chi connectivity index (χ0) is 18.3. The molecule has 0 radical (unpaired) electrons. The Kier molecular flexibility index (Phi) is 3.84. The first-order valence-corrected chi connectivity index (χ1v) is 7.52. The molecule has 0 spiro atoms. The Hall–Kier alpha value is -3.48. The fraction of sp³-hybridized carbons (Fsp3) is 0.111. The van der Waals surface area contributed by atoms with Crippen LogP contribution in [0.4, 0.5) is 5.69 Å². The Morgan fingerprint density at radius 1 is 1.12 bits per heavy atom. The summed E-state index contributed by atoms with van der Waals surface area (Å²) in [7, 11) is 0. The van der Waals surface area contributed by atoms with E-state index < -0.39 is 16.7 Å². The number of carbonyl (C=O) groups excluding carboxylic acids is 2. The average molecular weight is 337 g/mol. The van der Waals surface area contributed by atoms with Crippen molar-refractivity contribution in [3.05, 3.63) is 75.0 Å². The van der Waals surface area contributed by atoms with Gasteiger partial charge >= 0.3 is 0 Å². The quantitative estimate of drug-likeness (QED) is 0.585. The Labute approximate surface area is 142 Å². The van der Waals surface area contributed by atoms with Gasteiger partial charge in [0, 0.05) is 28.3 Å². The molecule has 0 saturated heterocycles. The highest BCUT2D eigenvalue weighted by atomic mass is 16.6. The van der Waals surface area contributed by atoms with Crippen molar-refractivity contribution >= 4 is 28.4 Å². The zero-order valence-electron chi connectivity index (χ0n) is 13.6. The summed E-state index contributed by atoms with van der Waals surface area (Å²) in [5, 5.41) is 11.7. The van der Waals surface area contributed by atoms with Gasteiger partial charge in [0.05, 0.1) is 16.0 Å². The summed E-state index contributed by atoms with van der Waals surface area (Å²) in [5.74, 6) is -1.08. The Balaban J connectivity index is 2.25. The van der Waals surface area contributed by atoms with Crippen molar-refractivity contribution < 1.29 is 14.5 Å². The van der Waals surface area contributed by atoms with Crippen LogP contribution in [0.3, 0.4) is 0 Å². The summed E-state index contributed by atoms with van der Waals surface area (Å²) >= 11 is 0. The van der Waals surface area contributed by atoms with Crippen LogP contribution < -0.4 is 5.73 Å². The van der Waals surface area contributed by atoms with Crippen molar-refractivity contribution in [2.75, 3.05) is 0 Å². The Morgan fingerprint density at radius 3 is 2.44 bits per heavy atom. The number of primary amides is 1. The zero-order valence-corrected chi connectivity index (χ0v) is 13.6. The van der Waals surface area contributed by atoms with E-state index in [1.54, 1.807) is 38.1 Å².